The highest BCUT2D eigenvalue weighted by Gasteiger charge is 2.16. The van der Waals surface area contributed by atoms with Gasteiger partial charge in [-0.05, 0) is 23.8 Å². The molecule has 0 bridgehead atoms. The number of halogens is 2. The fraction of sp³-hybridized carbons (Fsp3) is 0.333. The molecule has 6 heteroatoms. The molecule has 0 spiro atoms. The van der Waals surface area contributed by atoms with Crippen LogP contribution in [0.5, 0.6) is 0 Å². The van der Waals surface area contributed by atoms with Crippen LogP contribution >= 0.6 is 23.2 Å². The smallest absolute Gasteiger partial charge is 0.149 e. The first-order valence-electron chi connectivity index (χ1n) is 4.18. The third-order valence-corrected chi connectivity index (χ3v) is 3.38. The van der Waals surface area contributed by atoms with Crippen molar-refractivity contribution in [2.24, 2.45) is 5.73 Å². The van der Waals surface area contributed by atoms with Crippen LogP contribution in [-0.4, -0.2) is 20.4 Å². The predicted octanol–water partition coefficient (Wildman–Crippen LogP) is 2.04. The Hall–Kier alpha value is -0.290. The first-order valence-corrected chi connectivity index (χ1v) is 6.99. The van der Waals surface area contributed by atoms with Crippen molar-refractivity contribution in [3.8, 4) is 0 Å². The molecular formula is C9H11Cl2NO2S. The lowest BCUT2D eigenvalue weighted by atomic mass is 10.1. The lowest BCUT2D eigenvalue weighted by Crippen LogP contribution is -2.21. The summed E-state index contributed by atoms with van der Waals surface area (Å²) < 4.78 is 22.1. The number of nitrogens with two attached hydrogens (primary N) is 1. The molecule has 1 unspecified atom stereocenters. The highest BCUT2D eigenvalue weighted by atomic mass is 35.5. The topological polar surface area (TPSA) is 60.2 Å². The summed E-state index contributed by atoms with van der Waals surface area (Å²) in [6, 6.07) is 4.16. The normalized spacial score (nSPS) is 13.9. The van der Waals surface area contributed by atoms with E-state index in [0.717, 1.165) is 6.26 Å². The maximum atomic E-state index is 11.1. The van der Waals surface area contributed by atoms with Crippen molar-refractivity contribution in [1.82, 2.24) is 0 Å². The van der Waals surface area contributed by atoms with Crippen molar-refractivity contribution in [2.45, 2.75) is 6.04 Å². The summed E-state index contributed by atoms with van der Waals surface area (Å²) >= 11 is 11.7. The van der Waals surface area contributed by atoms with Gasteiger partial charge < -0.3 is 5.73 Å². The molecule has 1 aromatic rings. The zero-order valence-electron chi connectivity index (χ0n) is 8.07. The summed E-state index contributed by atoms with van der Waals surface area (Å²) in [5.74, 6) is -0.146. The first-order chi connectivity index (χ1) is 6.79. The highest BCUT2D eigenvalue weighted by molar-refractivity contribution is 7.90. The van der Waals surface area contributed by atoms with E-state index in [2.05, 4.69) is 0 Å². The van der Waals surface area contributed by atoms with Gasteiger partial charge in [-0.15, -0.1) is 0 Å². The van der Waals surface area contributed by atoms with E-state index in [4.69, 9.17) is 28.9 Å². The molecule has 0 aromatic heterocycles. The van der Waals surface area contributed by atoms with Crippen LogP contribution in [0.4, 0.5) is 0 Å². The van der Waals surface area contributed by atoms with Crippen molar-refractivity contribution in [3.05, 3.63) is 33.8 Å². The fourth-order valence-corrected chi connectivity index (χ4v) is 2.48. The van der Waals surface area contributed by atoms with Crippen molar-refractivity contribution >= 4 is 33.0 Å². The maximum absolute atomic E-state index is 11.1. The highest BCUT2D eigenvalue weighted by Crippen LogP contribution is 2.25. The molecule has 0 saturated carbocycles. The molecule has 3 nitrogen and oxygen atoms in total. The van der Waals surface area contributed by atoms with Gasteiger partial charge in [0.25, 0.3) is 0 Å². The van der Waals surface area contributed by atoms with Crippen LogP contribution in [0.2, 0.25) is 10.0 Å². The first kappa shape index (κ1) is 12.8. The van der Waals surface area contributed by atoms with Crippen molar-refractivity contribution in [2.75, 3.05) is 12.0 Å². The molecule has 0 fully saturated rings. The molecule has 1 rings (SSSR count). The van der Waals surface area contributed by atoms with E-state index in [0.29, 0.717) is 15.6 Å². The van der Waals surface area contributed by atoms with Crippen molar-refractivity contribution < 1.29 is 8.42 Å². The minimum Gasteiger partial charge on any atom is -0.323 e. The summed E-state index contributed by atoms with van der Waals surface area (Å²) in [4.78, 5) is 0. The lowest BCUT2D eigenvalue weighted by Gasteiger charge is -2.12. The molecule has 0 aliphatic rings. The van der Waals surface area contributed by atoms with Gasteiger partial charge in [0, 0.05) is 22.3 Å². The van der Waals surface area contributed by atoms with Gasteiger partial charge in [0.1, 0.15) is 9.84 Å². The van der Waals surface area contributed by atoms with Gasteiger partial charge in [-0.25, -0.2) is 8.42 Å². The summed E-state index contributed by atoms with van der Waals surface area (Å²) in [5, 5.41) is 0.911. The van der Waals surface area contributed by atoms with Gasteiger partial charge >= 0.3 is 0 Å². The molecule has 0 radical (unpaired) electrons. The van der Waals surface area contributed by atoms with Crippen LogP contribution in [0, 0.1) is 0 Å². The molecular weight excluding hydrogens is 257 g/mol. The molecule has 0 saturated heterocycles. The van der Waals surface area contributed by atoms with Crippen molar-refractivity contribution in [3.63, 3.8) is 0 Å². The Balaban J connectivity index is 3.00. The number of hydrogen-bond acceptors (Lipinski definition) is 3. The molecule has 0 heterocycles. The second kappa shape index (κ2) is 4.70. The molecule has 15 heavy (non-hydrogen) atoms. The van der Waals surface area contributed by atoms with Gasteiger partial charge in [0.05, 0.1) is 5.75 Å². The third-order valence-electron chi connectivity index (χ3n) is 1.84. The second-order valence-electron chi connectivity index (χ2n) is 3.36. The Kier molecular flexibility index (Phi) is 4.00. The quantitative estimate of drug-likeness (QED) is 0.912. The fourth-order valence-electron chi connectivity index (χ4n) is 1.21. The van der Waals surface area contributed by atoms with Gasteiger partial charge in [-0.2, -0.15) is 0 Å². The van der Waals surface area contributed by atoms with E-state index in [1.807, 2.05) is 0 Å². The molecule has 0 amide bonds. The summed E-state index contributed by atoms with van der Waals surface area (Å²) in [6.07, 6.45) is 1.13. The van der Waals surface area contributed by atoms with E-state index >= 15 is 0 Å². The number of benzene rings is 1. The van der Waals surface area contributed by atoms with E-state index < -0.39 is 15.9 Å². The zero-order valence-corrected chi connectivity index (χ0v) is 10.4. The Morgan fingerprint density at radius 2 is 2.00 bits per heavy atom. The molecule has 1 aromatic carbocycles. The van der Waals surface area contributed by atoms with Crippen LogP contribution in [0.1, 0.15) is 11.6 Å². The molecule has 2 N–H and O–H groups in total. The Labute approximate surface area is 99.1 Å². The lowest BCUT2D eigenvalue weighted by molar-refractivity contribution is 0.595. The monoisotopic (exact) mass is 267 g/mol. The average Bonchev–Trinajstić information content (AvgIpc) is 2.06. The van der Waals surface area contributed by atoms with E-state index in [-0.39, 0.29) is 5.75 Å². The summed E-state index contributed by atoms with van der Waals surface area (Å²) in [7, 11) is -3.13. The number of sulfone groups is 1. The van der Waals surface area contributed by atoms with Crippen LogP contribution in [0.15, 0.2) is 18.2 Å². The van der Waals surface area contributed by atoms with Gasteiger partial charge in [-0.1, -0.05) is 23.2 Å². The Morgan fingerprint density at radius 3 is 2.53 bits per heavy atom. The van der Waals surface area contributed by atoms with Gasteiger partial charge in [-0.3, -0.25) is 0 Å². The largest absolute Gasteiger partial charge is 0.323 e. The molecule has 1 atom stereocenters. The maximum Gasteiger partial charge on any atom is 0.149 e. The average molecular weight is 268 g/mol. The number of rotatable bonds is 3. The second-order valence-corrected chi connectivity index (χ2v) is 6.39. The minimum atomic E-state index is -3.13. The molecule has 0 aliphatic carbocycles. The SMILES string of the molecule is CS(=O)(=O)CC(N)c1cc(Cl)ccc1Cl. The summed E-state index contributed by atoms with van der Waals surface area (Å²) in [5.41, 5.74) is 6.28. The van der Waals surface area contributed by atoms with Crippen LogP contribution in [0.3, 0.4) is 0 Å². The Bertz CT molecular complexity index is 459. The van der Waals surface area contributed by atoms with Gasteiger partial charge in [0.2, 0.25) is 0 Å². The van der Waals surface area contributed by atoms with Crippen LogP contribution in [0.25, 0.3) is 0 Å². The third kappa shape index (κ3) is 3.99. The minimum absolute atomic E-state index is 0.146. The van der Waals surface area contributed by atoms with Gasteiger partial charge in [0.15, 0.2) is 0 Å². The Morgan fingerprint density at radius 1 is 1.40 bits per heavy atom. The van der Waals surface area contributed by atoms with Crippen LogP contribution < -0.4 is 5.73 Å². The molecule has 0 aliphatic heterocycles. The number of hydrogen-bond donors (Lipinski definition) is 1. The standard InChI is InChI=1S/C9H11Cl2NO2S/c1-15(13,14)5-9(12)7-4-6(10)2-3-8(7)11/h2-4,9H,5,12H2,1H3. The van der Waals surface area contributed by atoms with E-state index in [1.54, 1.807) is 18.2 Å². The molecule has 84 valence electrons. The van der Waals surface area contributed by atoms with Crippen molar-refractivity contribution in [1.29, 1.82) is 0 Å². The van der Waals surface area contributed by atoms with E-state index in [1.165, 1.54) is 0 Å². The van der Waals surface area contributed by atoms with Crippen LogP contribution in [-0.2, 0) is 9.84 Å². The summed E-state index contributed by atoms with van der Waals surface area (Å²) in [6.45, 7) is 0. The van der Waals surface area contributed by atoms with E-state index in [9.17, 15) is 8.42 Å². The predicted molar refractivity (Wildman–Crippen MR) is 63.1 cm³/mol. The zero-order chi connectivity index (χ0) is 11.6.